The Morgan fingerprint density at radius 2 is 1.02 bits per heavy atom. The van der Waals surface area contributed by atoms with E-state index in [1.807, 2.05) is 0 Å². The van der Waals surface area contributed by atoms with Gasteiger partial charge < -0.3 is 0 Å². The van der Waals surface area contributed by atoms with Crippen LogP contribution >= 0.6 is 0 Å². The van der Waals surface area contributed by atoms with Crippen LogP contribution in [0.15, 0.2) is 59.9 Å². The maximum atomic E-state index is 15.6. The summed E-state index contributed by atoms with van der Waals surface area (Å²) >= 11 is 0. The molecule has 5 rings (SSSR count). The van der Waals surface area contributed by atoms with Crippen molar-refractivity contribution in [2.75, 3.05) is 0 Å². The largest absolute Gasteiger partial charge is 0.417 e. The van der Waals surface area contributed by atoms with Gasteiger partial charge in [0.2, 0.25) is 5.70 Å². The molecule has 0 N–H and O–H groups in total. The van der Waals surface area contributed by atoms with E-state index in [0.717, 1.165) is 36.4 Å². The van der Waals surface area contributed by atoms with Crippen LogP contribution in [0.1, 0.15) is 50.1 Å². The number of alkyl halides is 6. The maximum absolute atomic E-state index is 15.6. The highest BCUT2D eigenvalue weighted by Gasteiger charge is 2.53. The first-order valence-electron chi connectivity index (χ1n) is 13.5. The summed E-state index contributed by atoms with van der Waals surface area (Å²) in [4.78, 5) is 12.4. The van der Waals surface area contributed by atoms with Crippen molar-refractivity contribution in [1.82, 2.24) is 0 Å². The Kier molecular flexibility index (Phi) is 8.07. The van der Waals surface area contributed by atoms with Gasteiger partial charge in [-0.1, -0.05) is 36.4 Å². The smallest absolute Gasteiger partial charge is 0.238 e. The molecule has 0 radical (unpaired) electrons. The lowest BCUT2D eigenvalue weighted by Crippen LogP contribution is -2.20. The molecule has 0 bridgehead atoms. The third kappa shape index (κ3) is 4.88. The van der Waals surface area contributed by atoms with Crippen LogP contribution < -0.4 is 0 Å². The van der Waals surface area contributed by atoms with Crippen molar-refractivity contribution in [2.45, 2.75) is 12.4 Å². The SMILES string of the molecule is [C-]#[N+]C1=C(c2ccc([N+]#[C-])cc2)/C(=C(/C#N)[N+]#[C-])c2c1c(C(F)(F)F)c1c(c2C(F)(F)F)C(C#N)=C(c2ccc(C#N)cc2)/C1=C(\C#N)[N+]#[C-]. The van der Waals surface area contributed by atoms with Gasteiger partial charge in [0.05, 0.1) is 66.8 Å². The van der Waals surface area contributed by atoms with Gasteiger partial charge in [0.25, 0.3) is 11.4 Å². The molecule has 14 heteroatoms. The van der Waals surface area contributed by atoms with Gasteiger partial charge in [0.15, 0.2) is 5.69 Å². The van der Waals surface area contributed by atoms with Crippen LogP contribution in [0.4, 0.5) is 32.0 Å². The summed E-state index contributed by atoms with van der Waals surface area (Å²) in [5.41, 5.74) is -17.1. The summed E-state index contributed by atoms with van der Waals surface area (Å²) in [5.74, 6) is 0. The van der Waals surface area contributed by atoms with Crippen molar-refractivity contribution in [2.24, 2.45) is 0 Å². The normalized spacial score (nSPS) is 15.2. The fourth-order valence-corrected chi connectivity index (χ4v) is 6.00. The predicted octanol–water partition coefficient (Wildman–Crippen LogP) is 9.70. The van der Waals surface area contributed by atoms with E-state index in [9.17, 15) is 21.0 Å². The molecule has 2 aliphatic rings. The Hall–Kier alpha value is -7.88. The molecule has 0 aliphatic heterocycles. The highest BCUT2D eigenvalue weighted by Crippen LogP contribution is 2.63. The Bertz CT molecular complexity index is 2350. The van der Waals surface area contributed by atoms with Gasteiger partial charge in [-0.3, -0.25) is 0 Å². The van der Waals surface area contributed by atoms with Crippen molar-refractivity contribution in [3.8, 4) is 24.3 Å². The number of allylic oxidation sites excluding steroid dienone is 7. The number of fused-ring (bicyclic) bond motifs is 2. The van der Waals surface area contributed by atoms with Crippen LogP contribution in [0.3, 0.4) is 0 Å². The molecular weight excluding hydrogens is 658 g/mol. The minimum absolute atomic E-state index is 0.0217. The summed E-state index contributed by atoms with van der Waals surface area (Å²) in [6.07, 6.45) is -11.3. The molecule has 0 saturated heterocycles. The average molecular weight is 667 g/mol. The standard InChI is InChI=1S/C36H8F6N8/c1-47-20-11-9-19(10-12-20)25-28(23(16-46)49-3)30-31(34(25)50-4)33(36(40,41)42)29-26(32(30)35(37,38)39)21(14-44)24(27(29)22(15-45)48-2)18-7-5-17(13-43)6-8-18/h5-12H/b27-22-,28-23+. The number of halogens is 6. The van der Waals surface area contributed by atoms with Crippen molar-refractivity contribution in [1.29, 1.82) is 21.0 Å². The van der Waals surface area contributed by atoms with E-state index in [0.29, 0.717) is 0 Å². The summed E-state index contributed by atoms with van der Waals surface area (Å²) in [6, 6.07) is 15.3. The first-order valence-corrected chi connectivity index (χ1v) is 13.5. The van der Waals surface area contributed by atoms with Gasteiger partial charge in [-0.25, -0.2) is 29.9 Å². The van der Waals surface area contributed by atoms with Crippen LogP contribution in [-0.2, 0) is 12.4 Å². The monoisotopic (exact) mass is 666 g/mol. The Balaban J connectivity index is 2.20. The first-order chi connectivity index (χ1) is 23.8. The van der Waals surface area contributed by atoms with Gasteiger partial charge in [-0.15, -0.1) is 0 Å². The molecule has 8 nitrogen and oxygen atoms in total. The Morgan fingerprint density at radius 3 is 1.44 bits per heavy atom. The topological polar surface area (TPSA) is 113 Å². The fraction of sp³-hybridized carbons (Fsp3) is 0.0556. The van der Waals surface area contributed by atoms with E-state index in [2.05, 4.69) is 19.4 Å². The minimum atomic E-state index is -5.64. The van der Waals surface area contributed by atoms with Crippen LogP contribution in [-0.4, -0.2) is 0 Å². The number of hydrogen-bond acceptors (Lipinski definition) is 4. The van der Waals surface area contributed by atoms with Gasteiger partial charge in [-0.05, 0) is 51.1 Å². The maximum Gasteiger partial charge on any atom is 0.417 e. The molecule has 0 unspecified atom stereocenters. The summed E-state index contributed by atoms with van der Waals surface area (Å²) < 4.78 is 93.3. The lowest BCUT2D eigenvalue weighted by Gasteiger charge is -2.25. The number of hydrogen-bond donors (Lipinski definition) is 0. The second kappa shape index (κ2) is 12.0. The number of benzene rings is 3. The molecule has 0 saturated carbocycles. The number of nitrogens with zero attached hydrogens (tertiary/aromatic N) is 8. The summed E-state index contributed by atoms with van der Waals surface area (Å²) in [7, 11) is 0. The molecule has 0 aromatic heterocycles. The zero-order chi connectivity index (χ0) is 36.7. The highest BCUT2D eigenvalue weighted by atomic mass is 19.4. The van der Waals surface area contributed by atoms with Crippen LogP contribution in [0.5, 0.6) is 0 Å². The van der Waals surface area contributed by atoms with Crippen LogP contribution in [0.2, 0.25) is 0 Å². The van der Waals surface area contributed by atoms with Gasteiger partial charge in [0.1, 0.15) is 6.07 Å². The van der Waals surface area contributed by atoms with Crippen molar-refractivity contribution < 1.29 is 26.3 Å². The molecule has 0 fully saturated rings. The van der Waals surface area contributed by atoms with Gasteiger partial charge in [-0.2, -0.15) is 36.9 Å². The molecule has 0 atom stereocenters. The second-order valence-electron chi connectivity index (χ2n) is 10.2. The third-order valence-electron chi connectivity index (χ3n) is 7.76. The zero-order valence-corrected chi connectivity index (χ0v) is 24.5. The predicted molar refractivity (Wildman–Crippen MR) is 164 cm³/mol. The molecule has 2 aliphatic carbocycles. The molecule has 234 valence electrons. The lowest BCUT2D eigenvalue weighted by atomic mass is 9.82. The van der Waals surface area contributed by atoms with Crippen LogP contribution in [0, 0.1) is 71.6 Å². The fourth-order valence-electron chi connectivity index (χ4n) is 6.00. The van der Waals surface area contributed by atoms with Crippen molar-refractivity contribution >= 4 is 39.2 Å². The molecular formula is C36H8F6N8. The van der Waals surface area contributed by atoms with Gasteiger partial charge >= 0.3 is 12.4 Å². The highest BCUT2D eigenvalue weighted by molar-refractivity contribution is 6.30. The van der Waals surface area contributed by atoms with E-state index in [4.69, 9.17) is 26.3 Å². The molecule has 3 aromatic rings. The van der Waals surface area contributed by atoms with Crippen molar-refractivity contribution in [3.05, 3.63) is 156 Å². The minimum Gasteiger partial charge on any atom is -0.238 e. The van der Waals surface area contributed by atoms with E-state index in [-0.39, 0.29) is 22.4 Å². The van der Waals surface area contributed by atoms with E-state index < -0.39 is 90.7 Å². The van der Waals surface area contributed by atoms with Crippen LogP contribution in [0.25, 0.3) is 52.9 Å². The average Bonchev–Trinajstić information content (AvgIpc) is 3.60. The van der Waals surface area contributed by atoms with E-state index in [1.54, 1.807) is 6.07 Å². The number of nitriles is 4. The second-order valence-corrected chi connectivity index (χ2v) is 10.2. The van der Waals surface area contributed by atoms with Gasteiger partial charge in [0, 0.05) is 16.7 Å². The quantitative estimate of drug-likeness (QED) is 0.154. The van der Waals surface area contributed by atoms with Crippen molar-refractivity contribution in [3.63, 3.8) is 0 Å². The first kappa shape index (κ1) is 33.5. The Morgan fingerprint density at radius 1 is 0.560 bits per heavy atom. The lowest BCUT2D eigenvalue weighted by molar-refractivity contribution is -0.141. The molecule has 0 spiro atoms. The molecule has 0 heterocycles. The summed E-state index contributed by atoms with van der Waals surface area (Å²) in [5, 5.41) is 39.5. The zero-order valence-electron chi connectivity index (χ0n) is 24.5. The van der Waals surface area contributed by atoms with E-state index in [1.165, 1.54) is 30.3 Å². The molecule has 0 amide bonds. The third-order valence-corrected chi connectivity index (χ3v) is 7.76. The Labute approximate surface area is 278 Å². The summed E-state index contributed by atoms with van der Waals surface area (Å²) in [6.45, 7) is 30.3. The molecule has 3 aromatic carbocycles. The van der Waals surface area contributed by atoms with E-state index >= 15 is 26.3 Å². The molecule has 50 heavy (non-hydrogen) atoms. The number of rotatable bonds is 2.